The van der Waals surface area contributed by atoms with Crippen LogP contribution in [-0.2, 0) is 30.3 Å². The number of hydrogen-bond acceptors (Lipinski definition) is 10. The van der Waals surface area contributed by atoms with Crippen LogP contribution in [0.3, 0.4) is 0 Å². The van der Waals surface area contributed by atoms with Crippen LogP contribution >= 0.6 is 0 Å². The number of hydrogen-bond donors (Lipinski definition) is 1. The largest absolute Gasteiger partial charge is 0.508 e. The first kappa shape index (κ1) is 55.3. The molecule has 1 rings (SSSR count). The number of carboxylic acids is 1. The molecule has 60 heavy (non-hydrogen) atoms. The summed E-state index contributed by atoms with van der Waals surface area (Å²) in [6.07, 6.45) is 35.8. The third-order valence-corrected chi connectivity index (χ3v) is 11.7. The predicted molar refractivity (Wildman–Crippen MR) is 242 cm³/mol. The van der Waals surface area contributed by atoms with E-state index in [-0.39, 0.29) is 24.7 Å². The number of aromatic nitrogens is 4. The number of unbranched alkanes of at least 4 members (excludes halogenated alkanes) is 22. The Morgan fingerprint density at radius 1 is 0.567 bits per heavy atom. The first-order valence-electron chi connectivity index (χ1n) is 25.0. The molecule has 0 aliphatic rings. The van der Waals surface area contributed by atoms with Crippen molar-refractivity contribution in [1.82, 2.24) is 25.1 Å². The first-order chi connectivity index (χ1) is 29.3. The summed E-state index contributed by atoms with van der Waals surface area (Å²) in [5.41, 5.74) is 0. The number of esters is 1. The molecule has 0 bridgehead atoms. The number of nitrogens with zero attached hydrogens (tertiary/aromatic N) is 5. The number of carbonyl (C=O) groups is 3. The molecule has 0 aliphatic heterocycles. The molecule has 0 fully saturated rings. The summed E-state index contributed by atoms with van der Waals surface area (Å²) in [6.45, 7) is 10.6. The van der Waals surface area contributed by atoms with Crippen molar-refractivity contribution in [2.45, 2.75) is 264 Å². The van der Waals surface area contributed by atoms with Crippen LogP contribution in [0.15, 0.2) is 6.33 Å². The third-order valence-electron chi connectivity index (χ3n) is 11.7. The van der Waals surface area contributed by atoms with Crippen molar-refractivity contribution in [1.29, 1.82) is 0 Å². The highest BCUT2D eigenvalue weighted by Gasteiger charge is 2.26. The van der Waals surface area contributed by atoms with Crippen molar-refractivity contribution in [2.24, 2.45) is 0 Å². The molecule has 350 valence electrons. The van der Waals surface area contributed by atoms with E-state index in [2.05, 4.69) is 43.1 Å². The van der Waals surface area contributed by atoms with Crippen molar-refractivity contribution in [3.05, 3.63) is 6.33 Å². The van der Waals surface area contributed by atoms with E-state index in [0.29, 0.717) is 26.1 Å². The summed E-state index contributed by atoms with van der Waals surface area (Å²) in [7, 11) is 0. The minimum Gasteiger partial charge on any atom is -0.480 e. The molecule has 0 aromatic carbocycles. The van der Waals surface area contributed by atoms with Gasteiger partial charge in [-0.1, -0.05) is 156 Å². The van der Waals surface area contributed by atoms with Gasteiger partial charge in [-0.2, -0.15) is 4.80 Å². The second-order valence-electron chi connectivity index (χ2n) is 17.2. The van der Waals surface area contributed by atoms with Crippen LogP contribution < -0.4 is 0 Å². The maximum absolute atomic E-state index is 12.8. The molecule has 1 N–H and O–H groups in total. The fourth-order valence-corrected chi connectivity index (χ4v) is 7.91. The number of carbonyl (C=O) groups excluding carboxylic acids is 2. The quantitative estimate of drug-likeness (QED) is 0.0494. The predicted octanol–water partition coefficient (Wildman–Crippen LogP) is 12.8. The molecule has 1 aromatic heterocycles. The molecule has 0 aliphatic carbocycles. The molecule has 0 spiro atoms. The molecule has 0 radical (unpaired) electrons. The number of aliphatic carboxylic acids is 1. The van der Waals surface area contributed by atoms with Gasteiger partial charge in [0.2, 0.25) is 0 Å². The van der Waals surface area contributed by atoms with Crippen LogP contribution in [-0.4, -0.2) is 86.3 Å². The van der Waals surface area contributed by atoms with Crippen molar-refractivity contribution >= 4 is 18.1 Å². The van der Waals surface area contributed by atoms with E-state index in [1.54, 1.807) is 0 Å². The van der Waals surface area contributed by atoms with Crippen LogP contribution in [0.1, 0.15) is 240 Å². The van der Waals surface area contributed by atoms with E-state index in [9.17, 15) is 19.5 Å². The van der Waals surface area contributed by atoms with E-state index < -0.39 is 18.2 Å². The van der Waals surface area contributed by atoms with Crippen molar-refractivity contribution < 1.29 is 33.7 Å². The van der Waals surface area contributed by atoms with Gasteiger partial charge in [-0.25, -0.2) is 4.79 Å². The first-order valence-corrected chi connectivity index (χ1v) is 25.0. The highest BCUT2D eigenvalue weighted by molar-refractivity contribution is 5.73. The van der Waals surface area contributed by atoms with Gasteiger partial charge >= 0.3 is 18.1 Å². The van der Waals surface area contributed by atoms with Gasteiger partial charge in [-0.15, -0.1) is 10.2 Å². The lowest BCUT2D eigenvalue weighted by atomic mass is 10.0. The molecule has 12 nitrogen and oxygen atoms in total. The van der Waals surface area contributed by atoms with Crippen LogP contribution in [0.2, 0.25) is 0 Å². The lowest BCUT2D eigenvalue weighted by molar-refractivity contribution is -0.150. The molecular weight excluding hydrogens is 759 g/mol. The van der Waals surface area contributed by atoms with Gasteiger partial charge in [0, 0.05) is 6.42 Å². The minimum atomic E-state index is -0.910. The Kier molecular flexibility index (Phi) is 37.1. The average Bonchev–Trinajstić information content (AvgIpc) is 3.76. The summed E-state index contributed by atoms with van der Waals surface area (Å²) >= 11 is 0. The molecule has 3 unspecified atom stereocenters. The van der Waals surface area contributed by atoms with Gasteiger partial charge in [0.1, 0.15) is 18.2 Å². The van der Waals surface area contributed by atoms with Crippen LogP contribution in [0.4, 0.5) is 4.79 Å². The van der Waals surface area contributed by atoms with Crippen molar-refractivity contribution in [2.75, 3.05) is 19.7 Å². The summed E-state index contributed by atoms with van der Waals surface area (Å²) < 4.78 is 17.3. The number of ether oxygens (including phenoxy) is 3. The summed E-state index contributed by atoms with van der Waals surface area (Å²) in [5, 5.41) is 21.9. The Labute approximate surface area is 366 Å². The standard InChI is InChI=1S/C48H91N5O7/c1-5-9-13-17-19-27-34-43(33-25-15-11-7-3)59-46(54)37-29-21-22-30-38-52(45(47(55)56)41-53-50-42-49-51-53)39-31-23-24-32-40-58-48(57)60-44(35-26-16-12-8-4)36-28-20-18-14-10-6-2/h42-45H,5-41H2,1-4H3,(H,55,56). The second kappa shape index (κ2) is 40.3. The van der Waals surface area contributed by atoms with Gasteiger partial charge in [-0.3, -0.25) is 14.5 Å². The highest BCUT2D eigenvalue weighted by atomic mass is 16.7. The van der Waals surface area contributed by atoms with Gasteiger partial charge < -0.3 is 19.3 Å². The number of rotatable bonds is 44. The zero-order valence-corrected chi connectivity index (χ0v) is 39.1. The normalized spacial score (nSPS) is 13.0. The summed E-state index contributed by atoms with van der Waals surface area (Å²) in [6, 6.07) is -0.778. The fraction of sp³-hybridized carbons (Fsp3) is 0.917. The molecular formula is C48H91N5O7. The van der Waals surface area contributed by atoms with Gasteiger partial charge in [-0.05, 0) is 95.4 Å². The molecule has 0 amide bonds. The van der Waals surface area contributed by atoms with Crippen molar-refractivity contribution in [3.8, 4) is 0 Å². The van der Waals surface area contributed by atoms with Crippen molar-refractivity contribution in [3.63, 3.8) is 0 Å². The summed E-state index contributed by atoms with van der Waals surface area (Å²) in [4.78, 5) is 41.2. The van der Waals surface area contributed by atoms with E-state index >= 15 is 0 Å². The topological polar surface area (TPSA) is 146 Å². The fourth-order valence-electron chi connectivity index (χ4n) is 7.91. The maximum Gasteiger partial charge on any atom is 0.508 e. The second-order valence-corrected chi connectivity index (χ2v) is 17.2. The minimum absolute atomic E-state index is 0.0350. The number of carboxylic acid groups (broad SMARTS) is 1. The zero-order valence-electron chi connectivity index (χ0n) is 39.1. The Bertz CT molecular complexity index is 1120. The number of tetrazole rings is 1. The zero-order chi connectivity index (χ0) is 43.7. The Balaban J connectivity index is 2.51. The molecule has 0 saturated carbocycles. The lowest BCUT2D eigenvalue weighted by Crippen LogP contribution is -2.45. The Hall–Kier alpha value is -2.76. The Morgan fingerprint density at radius 3 is 1.48 bits per heavy atom. The third kappa shape index (κ3) is 32.0. The van der Waals surface area contributed by atoms with E-state index in [4.69, 9.17) is 14.2 Å². The van der Waals surface area contributed by atoms with Gasteiger partial charge in [0.25, 0.3) is 0 Å². The van der Waals surface area contributed by atoms with Crippen LogP contribution in [0.5, 0.6) is 0 Å². The molecule has 12 heteroatoms. The van der Waals surface area contributed by atoms with Gasteiger partial charge in [0.15, 0.2) is 6.33 Å². The molecule has 1 heterocycles. The van der Waals surface area contributed by atoms with Gasteiger partial charge in [0.05, 0.1) is 13.2 Å². The van der Waals surface area contributed by atoms with Crippen LogP contribution in [0.25, 0.3) is 0 Å². The van der Waals surface area contributed by atoms with Crippen LogP contribution in [0, 0.1) is 0 Å². The molecule has 3 atom stereocenters. The lowest BCUT2D eigenvalue weighted by Gasteiger charge is -2.28. The molecule has 1 aromatic rings. The monoisotopic (exact) mass is 850 g/mol. The smallest absolute Gasteiger partial charge is 0.480 e. The Morgan fingerprint density at radius 2 is 1.00 bits per heavy atom. The molecule has 0 saturated heterocycles. The van der Waals surface area contributed by atoms with E-state index in [0.717, 1.165) is 103 Å². The average molecular weight is 850 g/mol. The SMILES string of the molecule is CCCCCCCCC(CCCCCC)OC(=O)CCCCCCN(CCCCCCOC(=O)OC(CCCCCC)CCCCCCCC)C(Cn1ncnn1)C(=O)O. The maximum atomic E-state index is 12.8. The summed E-state index contributed by atoms with van der Waals surface area (Å²) in [5.74, 6) is -0.991. The van der Waals surface area contributed by atoms with E-state index in [1.165, 1.54) is 114 Å². The highest BCUT2D eigenvalue weighted by Crippen LogP contribution is 2.20. The van der Waals surface area contributed by atoms with E-state index in [1.807, 2.05) is 4.90 Å².